The summed E-state index contributed by atoms with van der Waals surface area (Å²) < 4.78 is 26.8. The summed E-state index contributed by atoms with van der Waals surface area (Å²) in [7, 11) is -1.70. The Morgan fingerprint density at radius 2 is 2.00 bits per heavy atom. The second-order valence-electron chi connectivity index (χ2n) is 6.33. The summed E-state index contributed by atoms with van der Waals surface area (Å²) in [6, 6.07) is 7.27. The van der Waals surface area contributed by atoms with Gasteiger partial charge in [-0.05, 0) is 30.3 Å². The van der Waals surface area contributed by atoms with Crippen LogP contribution in [-0.2, 0) is 14.8 Å². The predicted molar refractivity (Wildman–Crippen MR) is 113 cm³/mol. The van der Waals surface area contributed by atoms with Gasteiger partial charge in [-0.2, -0.15) is 4.31 Å². The molecule has 0 spiro atoms. The molecule has 0 atom stereocenters. The van der Waals surface area contributed by atoms with Crippen LogP contribution in [0.3, 0.4) is 0 Å². The minimum atomic E-state index is -3.65. The van der Waals surface area contributed by atoms with Crippen LogP contribution < -0.4 is 4.90 Å². The Balaban J connectivity index is 1.54. The molecular formula is C18H21ClN4O3S2. The Morgan fingerprint density at radius 1 is 1.25 bits per heavy atom. The van der Waals surface area contributed by atoms with E-state index in [0.717, 1.165) is 16.0 Å². The van der Waals surface area contributed by atoms with Crippen LogP contribution in [0.25, 0.3) is 6.08 Å². The van der Waals surface area contributed by atoms with Crippen molar-refractivity contribution in [2.75, 3.05) is 44.7 Å². The number of anilines is 1. The zero-order valence-electron chi connectivity index (χ0n) is 15.4. The van der Waals surface area contributed by atoms with Crippen molar-refractivity contribution in [2.45, 2.75) is 0 Å². The van der Waals surface area contributed by atoms with E-state index >= 15 is 0 Å². The molecule has 3 heterocycles. The summed E-state index contributed by atoms with van der Waals surface area (Å²) in [5.41, 5.74) is 1.02. The third-order valence-electron chi connectivity index (χ3n) is 4.45. The van der Waals surface area contributed by atoms with Gasteiger partial charge < -0.3 is 9.80 Å². The number of nitrogens with zero attached hydrogens (tertiary/aromatic N) is 4. The van der Waals surface area contributed by atoms with E-state index in [1.165, 1.54) is 21.7 Å². The molecule has 0 saturated carbocycles. The van der Waals surface area contributed by atoms with Gasteiger partial charge in [0.05, 0.1) is 10.9 Å². The molecule has 1 fully saturated rings. The van der Waals surface area contributed by atoms with Crippen LogP contribution in [0.4, 0.5) is 5.69 Å². The first-order valence-electron chi connectivity index (χ1n) is 8.68. The van der Waals surface area contributed by atoms with Gasteiger partial charge in [0.2, 0.25) is 15.9 Å². The molecule has 0 aromatic carbocycles. The van der Waals surface area contributed by atoms with E-state index in [-0.39, 0.29) is 19.0 Å². The highest BCUT2D eigenvalue weighted by Crippen LogP contribution is 2.23. The highest BCUT2D eigenvalue weighted by atomic mass is 35.5. The molecule has 150 valence electrons. The van der Waals surface area contributed by atoms with Gasteiger partial charge in [0, 0.05) is 61.6 Å². The lowest BCUT2D eigenvalue weighted by molar-refractivity contribution is -0.133. The summed E-state index contributed by atoms with van der Waals surface area (Å²) in [5, 5.41) is 1.13. The van der Waals surface area contributed by atoms with Gasteiger partial charge in [-0.25, -0.2) is 8.42 Å². The van der Waals surface area contributed by atoms with Crippen molar-refractivity contribution in [3.05, 3.63) is 51.3 Å². The maximum Gasteiger partial charge on any atom is 0.238 e. The Hall–Kier alpha value is -1.94. The van der Waals surface area contributed by atoms with Crippen molar-refractivity contribution >= 4 is 50.6 Å². The monoisotopic (exact) mass is 440 g/mol. The summed E-state index contributed by atoms with van der Waals surface area (Å²) in [6.45, 7) is 1.71. The Bertz CT molecular complexity index is 947. The second kappa shape index (κ2) is 9.04. The van der Waals surface area contributed by atoms with Gasteiger partial charge >= 0.3 is 0 Å². The molecule has 0 bridgehead atoms. The van der Waals surface area contributed by atoms with Crippen LogP contribution in [0, 0.1) is 0 Å². The van der Waals surface area contributed by atoms with E-state index in [9.17, 15) is 13.2 Å². The molecule has 1 saturated heterocycles. The van der Waals surface area contributed by atoms with Crippen molar-refractivity contribution in [1.29, 1.82) is 0 Å². The number of rotatable bonds is 7. The average Bonchev–Trinajstić information content (AvgIpc) is 3.11. The van der Waals surface area contributed by atoms with E-state index in [0.29, 0.717) is 24.0 Å². The number of pyridine rings is 1. The fourth-order valence-corrected chi connectivity index (χ4v) is 4.96. The fraction of sp³-hybridized carbons (Fsp3) is 0.333. The lowest BCUT2D eigenvalue weighted by Gasteiger charge is -2.34. The van der Waals surface area contributed by atoms with Crippen LogP contribution in [0.5, 0.6) is 0 Å². The Kier molecular flexibility index (Phi) is 6.71. The van der Waals surface area contributed by atoms with Crippen molar-refractivity contribution in [2.24, 2.45) is 0 Å². The first-order chi connectivity index (χ1) is 13.3. The smallest absolute Gasteiger partial charge is 0.238 e. The molecular weight excluding hydrogens is 420 g/mol. The summed E-state index contributed by atoms with van der Waals surface area (Å²) in [5.74, 6) is -0.189. The topological polar surface area (TPSA) is 73.8 Å². The van der Waals surface area contributed by atoms with E-state index in [1.54, 1.807) is 29.4 Å². The number of carbonyl (C=O) groups is 1. The molecule has 7 nitrogen and oxygen atoms in total. The number of halogens is 1. The van der Waals surface area contributed by atoms with Crippen LogP contribution in [0.2, 0.25) is 4.34 Å². The molecule has 10 heteroatoms. The lowest BCUT2D eigenvalue weighted by Crippen LogP contribution is -2.53. The summed E-state index contributed by atoms with van der Waals surface area (Å²) in [6.07, 6.45) is 4.95. The van der Waals surface area contributed by atoms with E-state index in [4.69, 9.17) is 11.6 Å². The quantitative estimate of drug-likeness (QED) is 0.660. The molecule has 0 aliphatic carbocycles. The van der Waals surface area contributed by atoms with Crippen LogP contribution >= 0.6 is 22.9 Å². The van der Waals surface area contributed by atoms with E-state index < -0.39 is 10.0 Å². The number of thiophene rings is 1. The molecule has 28 heavy (non-hydrogen) atoms. The Labute approximate surface area is 173 Å². The number of piperazine rings is 1. The van der Waals surface area contributed by atoms with Gasteiger partial charge in [0.15, 0.2) is 0 Å². The number of amides is 1. The average molecular weight is 441 g/mol. The maximum absolute atomic E-state index is 12.5. The van der Waals surface area contributed by atoms with E-state index in [1.807, 2.05) is 24.1 Å². The van der Waals surface area contributed by atoms with Crippen molar-refractivity contribution in [3.63, 3.8) is 0 Å². The zero-order chi connectivity index (χ0) is 20.1. The SMILES string of the molecule is CN(CCN1CCN(S(=O)(=O)/C=C/c2ccc(Cl)s2)CC1=O)c1ccncc1. The number of aromatic nitrogens is 1. The number of hydrogen-bond donors (Lipinski definition) is 0. The molecule has 1 amide bonds. The Morgan fingerprint density at radius 3 is 2.64 bits per heavy atom. The van der Waals surface area contributed by atoms with Gasteiger partial charge in [-0.3, -0.25) is 9.78 Å². The van der Waals surface area contributed by atoms with E-state index in [2.05, 4.69) is 4.98 Å². The minimum Gasteiger partial charge on any atom is -0.373 e. The minimum absolute atomic E-state index is 0.142. The van der Waals surface area contributed by atoms with Crippen LogP contribution in [0.1, 0.15) is 4.88 Å². The normalized spacial score (nSPS) is 16.1. The summed E-state index contributed by atoms with van der Waals surface area (Å²) in [4.78, 5) is 20.9. The number of hydrogen-bond acceptors (Lipinski definition) is 6. The maximum atomic E-state index is 12.5. The van der Waals surface area contributed by atoms with Crippen molar-refractivity contribution in [1.82, 2.24) is 14.2 Å². The standard InChI is InChI=1S/C18H21ClN4O3S2/c1-21(15-4-7-20-8-5-15)9-10-22-11-12-23(14-18(22)24)28(25,26)13-6-16-2-3-17(19)27-16/h2-8,13H,9-12,14H2,1H3/b13-6+. The first kappa shape index (κ1) is 20.8. The predicted octanol–water partition coefficient (Wildman–Crippen LogP) is 2.38. The molecule has 3 rings (SSSR count). The van der Waals surface area contributed by atoms with Gasteiger partial charge in [0.1, 0.15) is 0 Å². The lowest BCUT2D eigenvalue weighted by atomic mass is 10.3. The highest BCUT2D eigenvalue weighted by Gasteiger charge is 2.30. The van der Waals surface area contributed by atoms with Crippen molar-refractivity contribution in [3.8, 4) is 0 Å². The third-order valence-corrected chi connectivity index (χ3v) is 7.16. The molecule has 1 aliphatic rings. The fourth-order valence-electron chi connectivity index (χ4n) is 2.80. The molecule has 0 unspecified atom stereocenters. The number of likely N-dealkylation sites (N-methyl/N-ethyl adjacent to an activating group) is 1. The van der Waals surface area contributed by atoms with Gasteiger partial charge in [-0.1, -0.05) is 11.6 Å². The van der Waals surface area contributed by atoms with Gasteiger partial charge in [0.25, 0.3) is 0 Å². The molecule has 2 aromatic heterocycles. The molecule has 1 aliphatic heterocycles. The summed E-state index contributed by atoms with van der Waals surface area (Å²) >= 11 is 7.15. The highest BCUT2D eigenvalue weighted by molar-refractivity contribution is 7.92. The largest absolute Gasteiger partial charge is 0.373 e. The number of carbonyl (C=O) groups excluding carboxylic acids is 1. The van der Waals surface area contributed by atoms with Crippen LogP contribution in [-0.4, -0.2) is 68.3 Å². The van der Waals surface area contributed by atoms with Gasteiger partial charge in [-0.15, -0.1) is 11.3 Å². The number of sulfonamides is 1. The molecule has 0 radical (unpaired) electrons. The van der Waals surface area contributed by atoms with Crippen molar-refractivity contribution < 1.29 is 13.2 Å². The second-order valence-corrected chi connectivity index (χ2v) is 9.90. The van der Waals surface area contributed by atoms with Crippen LogP contribution in [0.15, 0.2) is 42.1 Å². The molecule has 0 N–H and O–H groups in total. The third kappa shape index (κ3) is 5.32. The molecule has 2 aromatic rings. The first-order valence-corrected chi connectivity index (χ1v) is 11.4. The zero-order valence-corrected chi connectivity index (χ0v) is 17.8.